The van der Waals surface area contributed by atoms with E-state index in [0.717, 1.165) is 45.3 Å². The van der Waals surface area contributed by atoms with Gasteiger partial charge in [-0.15, -0.1) is 0 Å². The molecule has 0 N–H and O–H groups in total. The van der Waals surface area contributed by atoms with Gasteiger partial charge in [-0.2, -0.15) is 0 Å². The molecule has 0 fully saturated rings. The van der Waals surface area contributed by atoms with Crippen LogP contribution in [0.5, 0.6) is 0 Å². The molecule has 0 unspecified atom stereocenters. The van der Waals surface area contributed by atoms with Crippen LogP contribution in [0.2, 0.25) is 0 Å². The second-order valence-electron chi connectivity index (χ2n) is 17.8. The van der Waals surface area contributed by atoms with Crippen molar-refractivity contribution >= 4 is 39.7 Å². The normalized spacial score (nSPS) is 14.0. The summed E-state index contributed by atoms with van der Waals surface area (Å²) in [5.41, 5.74) is 21.3. The number of para-hydroxylation sites is 4. The molecule has 8 aromatic carbocycles. The molecule has 0 saturated carbocycles. The number of benzene rings is 8. The minimum Gasteiger partial charge on any atom is -0.310 e. The average molecular weight is 813 g/mol. The molecule has 306 valence electrons. The van der Waals surface area contributed by atoms with Crippen LogP contribution in [-0.4, -0.2) is 0 Å². The van der Waals surface area contributed by atoms with Crippen LogP contribution < -0.4 is 9.80 Å². The van der Waals surface area contributed by atoms with E-state index in [4.69, 9.17) is 6.58 Å². The summed E-state index contributed by atoms with van der Waals surface area (Å²) in [5.74, 6) is 0. The molecule has 63 heavy (non-hydrogen) atoms. The SMILES string of the molecule is C=C(/C=C\C=C/C)c1cc(N(c2ccccc2)c2ccccc2)cc2c1-c1ccc3c(c1C2(C)C)C(C)(C)c1cc(N(c2ccccc2)c2ccccc2)cc(-c2ccccc2)c1-3. The van der Waals surface area contributed by atoms with Crippen LogP contribution in [0.4, 0.5) is 34.1 Å². The number of hydrogen-bond donors (Lipinski definition) is 0. The predicted molar refractivity (Wildman–Crippen MR) is 269 cm³/mol. The van der Waals surface area contributed by atoms with Crippen LogP contribution in [0, 0.1) is 0 Å². The molecule has 0 aliphatic heterocycles. The number of nitrogens with zero attached hydrogens (tertiary/aromatic N) is 2. The number of rotatable bonds is 10. The second kappa shape index (κ2) is 15.8. The lowest BCUT2D eigenvalue weighted by molar-refractivity contribution is 0.601. The molecule has 0 heterocycles. The molecule has 2 aliphatic rings. The minimum absolute atomic E-state index is 0.333. The van der Waals surface area contributed by atoms with Crippen LogP contribution >= 0.6 is 0 Å². The van der Waals surface area contributed by atoms with Crippen molar-refractivity contribution in [1.82, 2.24) is 0 Å². The first-order valence-electron chi connectivity index (χ1n) is 22.1. The van der Waals surface area contributed by atoms with Crippen LogP contribution in [0.25, 0.3) is 39.0 Å². The lowest BCUT2D eigenvalue weighted by Gasteiger charge is -2.32. The molecule has 0 radical (unpaired) electrons. The van der Waals surface area contributed by atoms with Crippen molar-refractivity contribution < 1.29 is 0 Å². The molecular weight excluding hydrogens is 761 g/mol. The van der Waals surface area contributed by atoms with E-state index in [1.165, 1.54) is 55.6 Å². The molecule has 8 aromatic rings. The van der Waals surface area contributed by atoms with Gasteiger partial charge in [-0.1, -0.05) is 174 Å². The molecule has 0 bridgehead atoms. The van der Waals surface area contributed by atoms with Crippen molar-refractivity contribution in [2.24, 2.45) is 0 Å². The lowest BCUT2D eigenvalue weighted by atomic mass is 9.72. The number of allylic oxidation sites excluding steroid dienone is 5. The molecule has 2 aliphatic carbocycles. The van der Waals surface area contributed by atoms with Gasteiger partial charge in [-0.05, 0) is 146 Å². The van der Waals surface area contributed by atoms with E-state index in [1.807, 2.05) is 0 Å². The van der Waals surface area contributed by atoms with Gasteiger partial charge < -0.3 is 9.80 Å². The highest BCUT2D eigenvalue weighted by Gasteiger charge is 2.47. The van der Waals surface area contributed by atoms with Gasteiger partial charge >= 0.3 is 0 Å². The van der Waals surface area contributed by atoms with Gasteiger partial charge in [-0.3, -0.25) is 0 Å². The molecular formula is C61H52N2. The Balaban J connectivity index is 1.22. The van der Waals surface area contributed by atoms with E-state index in [9.17, 15) is 0 Å². The maximum absolute atomic E-state index is 4.75. The Kier molecular flexibility index (Phi) is 9.96. The fourth-order valence-corrected chi connectivity index (χ4v) is 10.3. The van der Waals surface area contributed by atoms with Crippen LogP contribution in [-0.2, 0) is 10.8 Å². The zero-order valence-corrected chi connectivity index (χ0v) is 36.8. The van der Waals surface area contributed by atoms with Gasteiger partial charge in [0.25, 0.3) is 0 Å². The highest BCUT2D eigenvalue weighted by Crippen LogP contribution is 2.62. The molecule has 0 saturated heterocycles. The molecule has 0 amide bonds. The molecule has 0 aromatic heterocycles. The summed E-state index contributed by atoms with van der Waals surface area (Å²) >= 11 is 0. The summed E-state index contributed by atoms with van der Waals surface area (Å²) in [5, 5.41) is 0. The first-order chi connectivity index (χ1) is 30.7. The highest BCUT2D eigenvalue weighted by atomic mass is 15.1. The Bertz CT molecular complexity index is 2970. The van der Waals surface area contributed by atoms with Crippen molar-refractivity contribution in [2.45, 2.75) is 45.4 Å². The first kappa shape index (κ1) is 39.7. The smallest absolute Gasteiger partial charge is 0.0471 e. The zero-order valence-electron chi connectivity index (χ0n) is 36.8. The van der Waals surface area contributed by atoms with Gasteiger partial charge in [0.2, 0.25) is 0 Å². The zero-order chi connectivity index (χ0) is 43.3. The third-order valence-corrected chi connectivity index (χ3v) is 13.2. The van der Waals surface area contributed by atoms with E-state index in [2.05, 4.69) is 257 Å². The Morgan fingerprint density at radius 2 is 0.825 bits per heavy atom. The molecule has 2 heteroatoms. The van der Waals surface area contributed by atoms with E-state index in [-0.39, 0.29) is 10.8 Å². The lowest BCUT2D eigenvalue weighted by Crippen LogP contribution is -2.24. The highest BCUT2D eigenvalue weighted by molar-refractivity contribution is 6.02. The van der Waals surface area contributed by atoms with Gasteiger partial charge in [0, 0.05) is 45.0 Å². The Hall–Kier alpha value is -7.42. The Morgan fingerprint density at radius 3 is 1.27 bits per heavy atom. The Morgan fingerprint density at radius 1 is 0.429 bits per heavy atom. The summed E-state index contributed by atoms with van der Waals surface area (Å²) in [6.45, 7) is 16.6. The number of fused-ring (bicyclic) bond motifs is 7. The number of anilines is 6. The first-order valence-corrected chi connectivity index (χ1v) is 22.1. The standard InChI is InChI=1S/C61H52N2/c1-7-8-14-25-42(2)52-38-48(62(44-28-17-10-18-29-44)45-30-19-11-20-31-45)40-54-56(52)50-36-37-51-57-53(43-26-15-9-16-27-43)39-49(41-55(57)61(5,6)59(51)58(50)60(54,3)4)63(46-32-21-12-22-33-46)47-34-23-13-24-35-47/h7-41H,2H2,1,3-6H3/b8-7-,25-14-. The summed E-state index contributed by atoms with van der Waals surface area (Å²) in [6.07, 6.45) is 8.40. The molecule has 10 rings (SSSR count). The van der Waals surface area contributed by atoms with Crippen molar-refractivity contribution in [3.8, 4) is 33.4 Å². The summed E-state index contributed by atoms with van der Waals surface area (Å²) in [7, 11) is 0. The fraction of sp³-hybridized carbons (Fsp3) is 0.115. The third kappa shape index (κ3) is 6.65. The van der Waals surface area contributed by atoms with E-state index in [0.29, 0.717) is 0 Å². The monoisotopic (exact) mass is 812 g/mol. The average Bonchev–Trinajstić information content (AvgIpc) is 3.69. The van der Waals surface area contributed by atoms with Gasteiger partial charge in [0.05, 0.1) is 0 Å². The Labute approximate surface area is 373 Å². The number of hydrogen-bond acceptors (Lipinski definition) is 2. The van der Waals surface area contributed by atoms with Crippen molar-refractivity contribution in [3.63, 3.8) is 0 Å². The van der Waals surface area contributed by atoms with E-state index < -0.39 is 0 Å². The largest absolute Gasteiger partial charge is 0.310 e. The maximum Gasteiger partial charge on any atom is 0.0471 e. The second-order valence-corrected chi connectivity index (χ2v) is 17.8. The summed E-state index contributed by atoms with van der Waals surface area (Å²) < 4.78 is 0. The predicted octanol–water partition coefficient (Wildman–Crippen LogP) is 17.1. The van der Waals surface area contributed by atoms with Gasteiger partial charge in [0.1, 0.15) is 0 Å². The van der Waals surface area contributed by atoms with Crippen LogP contribution in [0.1, 0.15) is 62.4 Å². The quantitative estimate of drug-likeness (QED) is 0.127. The summed E-state index contributed by atoms with van der Waals surface area (Å²) in [6, 6.07) is 68.5. The third-order valence-electron chi connectivity index (χ3n) is 13.2. The van der Waals surface area contributed by atoms with Crippen molar-refractivity contribution in [3.05, 3.63) is 247 Å². The van der Waals surface area contributed by atoms with E-state index in [1.54, 1.807) is 0 Å². The fourth-order valence-electron chi connectivity index (χ4n) is 10.3. The maximum atomic E-state index is 4.75. The topological polar surface area (TPSA) is 6.48 Å². The van der Waals surface area contributed by atoms with Crippen molar-refractivity contribution in [1.29, 1.82) is 0 Å². The van der Waals surface area contributed by atoms with Crippen molar-refractivity contribution in [2.75, 3.05) is 9.80 Å². The van der Waals surface area contributed by atoms with E-state index >= 15 is 0 Å². The molecule has 0 spiro atoms. The molecule has 0 atom stereocenters. The molecule has 2 nitrogen and oxygen atoms in total. The summed E-state index contributed by atoms with van der Waals surface area (Å²) in [4.78, 5) is 4.79. The van der Waals surface area contributed by atoms with Crippen LogP contribution in [0.3, 0.4) is 0 Å². The van der Waals surface area contributed by atoms with Crippen LogP contribution in [0.15, 0.2) is 219 Å². The van der Waals surface area contributed by atoms with Gasteiger partial charge in [-0.25, -0.2) is 0 Å². The minimum atomic E-state index is -0.345. The van der Waals surface area contributed by atoms with Gasteiger partial charge in [0.15, 0.2) is 0 Å².